The molecule has 0 aliphatic rings. The maximum absolute atomic E-state index is 11.7. The molecule has 0 fully saturated rings. The van der Waals surface area contributed by atoms with Gasteiger partial charge in [-0.05, 0) is 20.9 Å². The third-order valence-corrected chi connectivity index (χ3v) is 2.11. The molecule has 0 rings (SSSR count). The number of likely N-dealkylation sites (N-methyl/N-ethyl adjacent to an activating group) is 1. The number of Topliss-reactive ketones (excluding diaryl/α,β-unsaturated/α-hetero) is 1. The lowest BCUT2D eigenvalue weighted by Gasteiger charge is -2.22. The van der Waals surface area contributed by atoms with Gasteiger partial charge in [0.2, 0.25) is 5.91 Å². The first-order valence-electron chi connectivity index (χ1n) is 5.64. The second-order valence-corrected chi connectivity index (χ2v) is 5.57. The van der Waals surface area contributed by atoms with E-state index in [9.17, 15) is 9.59 Å². The van der Waals surface area contributed by atoms with E-state index in [4.69, 9.17) is 0 Å². The number of rotatable bonds is 5. The van der Waals surface area contributed by atoms with Crippen LogP contribution in [-0.2, 0) is 9.59 Å². The molecule has 0 spiro atoms. The van der Waals surface area contributed by atoms with E-state index < -0.39 is 0 Å². The number of nitrogens with zero attached hydrogens (tertiary/aromatic N) is 1. The molecule has 1 amide bonds. The highest BCUT2D eigenvalue weighted by molar-refractivity contribution is 5.86. The van der Waals surface area contributed by atoms with Crippen LogP contribution in [0.2, 0.25) is 0 Å². The second-order valence-electron chi connectivity index (χ2n) is 5.57. The SMILES string of the molecule is CC(C)NC(=O)CN(C)CC(=O)C(C)(C)C. The van der Waals surface area contributed by atoms with Crippen LogP contribution in [0.3, 0.4) is 0 Å². The molecule has 0 aliphatic heterocycles. The van der Waals surface area contributed by atoms with Gasteiger partial charge in [-0.15, -0.1) is 0 Å². The highest BCUT2D eigenvalue weighted by Crippen LogP contribution is 2.14. The van der Waals surface area contributed by atoms with Crippen molar-refractivity contribution in [2.45, 2.75) is 40.7 Å². The minimum absolute atomic E-state index is 0.0424. The van der Waals surface area contributed by atoms with E-state index in [2.05, 4.69) is 5.32 Å². The molecule has 0 saturated heterocycles. The van der Waals surface area contributed by atoms with Crippen LogP contribution in [-0.4, -0.2) is 42.8 Å². The van der Waals surface area contributed by atoms with E-state index in [0.717, 1.165) is 0 Å². The molecule has 94 valence electrons. The molecule has 4 nitrogen and oxygen atoms in total. The Labute approximate surface area is 98.4 Å². The Kier molecular flexibility index (Phi) is 5.65. The van der Waals surface area contributed by atoms with Gasteiger partial charge in [0.1, 0.15) is 0 Å². The average molecular weight is 228 g/mol. The summed E-state index contributed by atoms with van der Waals surface area (Å²) in [7, 11) is 1.78. The van der Waals surface area contributed by atoms with Gasteiger partial charge < -0.3 is 5.32 Å². The first kappa shape index (κ1) is 15.1. The number of amides is 1. The first-order valence-corrected chi connectivity index (χ1v) is 5.64. The van der Waals surface area contributed by atoms with Gasteiger partial charge in [0, 0.05) is 11.5 Å². The number of hydrogen-bond acceptors (Lipinski definition) is 3. The molecule has 16 heavy (non-hydrogen) atoms. The van der Waals surface area contributed by atoms with Crippen LogP contribution in [0.15, 0.2) is 0 Å². The fourth-order valence-corrected chi connectivity index (χ4v) is 1.15. The van der Waals surface area contributed by atoms with Crippen molar-refractivity contribution in [2.75, 3.05) is 20.1 Å². The molecule has 0 unspecified atom stereocenters. The summed E-state index contributed by atoms with van der Waals surface area (Å²) in [6, 6.07) is 0.138. The normalized spacial score (nSPS) is 12.0. The Bertz CT molecular complexity index is 254. The zero-order valence-corrected chi connectivity index (χ0v) is 11.3. The summed E-state index contributed by atoms with van der Waals surface area (Å²) >= 11 is 0. The zero-order valence-electron chi connectivity index (χ0n) is 11.3. The van der Waals surface area contributed by atoms with Crippen LogP contribution in [0.4, 0.5) is 0 Å². The summed E-state index contributed by atoms with van der Waals surface area (Å²) < 4.78 is 0. The molecule has 0 aliphatic carbocycles. The molecule has 1 N–H and O–H groups in total. The van der Waals surface area contributed by atoms with Crippen molar-refractivity contribution < 1.29 is 9.59 Å². The third-order valence-electron chi connectivity index (χ3n) is 2.11. The monoisotopic (exact) mass is 228 g/mol. The average Bonchev–Trinajstić information content (AvgIpc) is 1.98. The van der Waals surface area contributed by atoms with Crippen molar-refractivity contribution >= 4 is 11.7 Å². The molecule has 0 aromatic heterocycles. The lowest BCUT2D eigenvalue weighted by Crippen LogP contribution is -2.41. The van der Waals surface area contributed by atoms with E-state index in [1.165, 1.54) is 0 Å². The third kappa shape index (κ3) is 6.56. The Hall–Kier alpha value is -0.900. The molecule has 0 radical (unpaired) electrons. The largest absolute Gasteiger partial charge is 0.353 e. The molecule has 0 aromatic carbocycles. The smallest absolute Gasteiger partial charge is 0.234 e. The van der Waals surface area contributed by atoms with Gasteiger partial charge in [0.15, 0.2) is 5.78 Å². The number of hydrogen-bond donors (Lipinski definition) is 1. The highest BCUT2D eigenvalue weighted by atomic mass is 16.2. The Morgan fingerprint density at radius 3 is 2.06 bits per heavy atom. The molecule has 0 saturated carbocycles. The van der Waals surface area contributed by atoms with E-state index >= 15 is 0 Å². The topological polar surface area (TPSA) is 49.4 Å². The standard InChI is InChI=1S/C12H24N2O2/c1-9(2)13-11(16)8-14(6)7-10(15)12(3,4)5/h9H,7-8H2,1-6H3,(H,13,16). The van der Waals surface area contributed by atoms with Crippen LogP contribution in [0, 0.1) is 5.41 Å². The number of carbonyl (C=O) groups excluding carboxylic acids is 2. The summed E-state index contributed by atoms with van der Waals surface area (Å²) in [6.07, 6.45) is 0. The van der Waals surface area contributed by atoms with Gasteiger partial charge >= 0.3 is 0 Å². The van der Waals surface area contributed by atoms with Crippen molar-refractivity contribution in [1.82, 2.24) is 10.2 Å². The van der Waals surface area contributed by atoms with Gasteiger partial charge in [-0.1, -0.05) is 20.8 Å². The molecular weight excluding hydrogens is 204 g/mol. The fraction of sp³-hybridized carbons (Fsp3) is 0.833. The van der Waals surface area contributed by atoms with Crippen molar-refractivity contribution in [3.05, 3.63) is 0 Å². The summed E-state index contributed by atoms with van der Waals surface area (Å²) in [5.74, 6) is 0.103. The van der Waals surface area contributed by atoms with Crippen molar-refractivity contribution in [2.24, 2.45) is 5.41 Å². The number of nitrogens with one attached hydrogen (secondary N) is 1. The van der Waals surface area contributed by atoms with E-state index in [-0.39, 0.29) is 29.7 Å². The van der Waals surface area contributed by atoms with Gasteiger partial charge in [-0.25, -0.2) is 0 Å². The predicted molar refractivity (Wildman–Crippen MR) is 65.2 cm³/mol. The van der Waals surface area contributed by atoms with Crippen LogP contribution >= 0.6 is 0 Å². The summed E-state index contributed by atoms with van der Waals surface area (Å²) in [6.45, 7) is 10.1. The van der Waals surface area contributed by atoms with Gasteiger partial charge in [0.05, 0.1) is 13.1 Å². The lowest BCUT2D eigenvalue weighted by atomic mass is 9.90. The Balaban J connectivity index is 4.05. The maximum atomic E-state index is 11.7. The summed E-state index contributed by atoms with van der Waals surface area (Å²) in [4.78, 5) is 24.9. The molecular formula is C12H24N2O2. The highest BCUT2D eigenvalue weighted by Gasteiger charge is 2.22. The van der Waals surface area contributed by atoms with Gasteiger partial charge in [-0.2, -0.15) is 0 Å². The number of carbonyl (C=O) groups is 2. The summed E-state index contributed by atoms with van der Waals surface area (Å²) in [5.41, 5.74) is -0.344. The molecule has 0 bridgehead atoms. The van der Waals surface area contributed by atoms with E-state index in [1.54, 1.807) is 11.9 Å². The van der Waals surface area contributed by atoms with E-state index in [0.29, 0.717) is 6.54 Å². The molecule has 4 heteroatoms. The quantitative estimate of drug-likeness (QED) is 0.765. The predicted octanol–water partition coefficient (Wildman–Crippen LogP) is 1.06. The van der Waals surface area contributed by atoms with Crippen LogP contribution in [0.1, 0.15) is 34.6 Å². The Morgan fingerprint density at radius 1 is 1.19 bits per heavy atom. The minimum atomic E-state index is -0.344. The minimum Gasteiger partial charge on any atom is -0.353 e. The molecule has 0 aromatic rings. The first-order chi connectivity index (χ1) is 7.12. The zero-order chi connectivity index (χ0) is 12.9. The van der Waals surface area contributed by atoms with Crippen LogP contribution in [0.25, 0.3) is 0 Å². The number of ketones is 1. The van der Waals surface area contributed by atoms with Crippen LogP contribution in [0.5, 0.6) is 0 Å². The molecule has 0 atom stereocenters. The van der Waals surface area contributed by atoms with Crippen molar-refractivity contribution in [1.29, 1.82) is 0 Å². The van der Waals surface area contributed by atoms with E-state index in [1.807, 2.05) is 34.6 Å². The lowest BCUT2D eigenvalue weighted by molar-refractivity contribution is -0.128. The molecule has 0 heterocycles. The van der Waals surface area contributed by atoms with Crippen LogP contribution < -0.4 is 5.32 Å². The fourth-order valence-electron chi connectivity index (χ4n) is 1.15. The maximum Gasteiger partial charge on any atom is 0.234 e. The van der Waals surface area contributed by atoms with Crippen molar-refractivity contribution in [3.63, 3.8) is 0 Å². The van der Waals surface area contributed by atoms with Crippen molar-refractivity contribution in [3.8, 4) is 0 Å². The Morgan fingerprint density at radius 2 is 1.69 bits per heavy atom. The van der Waals surface area contributed by atoms with Gasteiger partial charge in [0.25, 0.3) is 0 Å². The summed E-state index contributed by atoms with van der Waals surface area (Å²) in [5, 5.41) is 2.79. The van der Waals surface area contributed by atoms with Gasteiger partial charge in [-0.3, -0.25) is 14.5 Å². The second kappa shape index (κ2) is 5.99.